The summed E-state index contributed by atoms with van der Waals surface area (Å²) in [6, 6.07) is 0.178. The Morgan fingerprint density at radius 2 is 2.04 bits per heavy atom. The first-order chi connectivity index (χ1) is 11.4. The third kappa shape index (κ3) is 7.81. The zero-order valence-corrected chi connectivity index (χ0v) is 17.1. The summed E-state index contributed by atoms with van der Waals surface area (Å²) in [6.45, 7) is 5.54. The normalized spacial score (nSPS) is 25.9. The lowest BCUT2D eigenvalue weighted by atomic mass is 9.85. The molecule has 0 radical (unpaired) electrons. The Labute approximate surface area is 159 Å². The largest absolute Gasteiger partial charge is 0.340 e. The molecule has 2 rings (SSSR count). The van der Waals surface area contributed by atoms with Gasteiger partial charge in [0.25, 0.3) is 0 Å². The average molecular weight is 396 g/mol. The zero-order valence-electron chi connectivity index (χ0n) is 15.5. The smallest absolute Gasteiger partial charge is 0.223 e. The number of amides is 1. The van der Waals surface area contributed by atoms with Crippen LogP contribution in [0.4, 0.5) is 0 Å². The van der Waals surface area contributed by atoms with Gasteiger partial charge in [-0.15, -0.1) is 12.4 Å². The van der Waals surface area contributed by atoms with Gasteiger partial charge in [0.2, 0.25) is 15.9 Å². The summed E-state index contributed by atoms with van der Waals surface area (Å²) in [7, 11) is -3.16. The molecule has 148 valence electrons. The van der Waals surface area contributed by atoms with Crippen molar-refractivity contribution in [1.29, 1.82) is 0 Å². The molecule has 2 aliphatic rings. The summed E-state index contributed by atoms with van der Waals surface area (Å²) in [6.07, 6.45) is 8.07. The predicted molar refractivity (Wildman–Crippen MR) is 103 cm³/mol. The van der Waals surface area contributed by atoms with Gasteiger partial charge >= 0.3 is 0 Å². The Kier molecular flexibility index (Phi) is 9.70. The number of rotatable bonds is 7. The van der Waals surface area contributed by atoms with Crippen molar-refractivity contribution in [2.24, 2.45) is 11.8 Å². The van der Waals surface area contributed by atoms with Gasteiger partial charge in [-0.25, -0.2) is 13.1 Å². The van der Waals surface area contributed by atoms with E-state index in [4.69, 9.17) is 0 Å². The van der Waals surface area contributed by atoms with E-state index < -0.39 is 10.0 Å². The number of hydrogen-bond donors (Lipinski definition) is 2. The predicted octanol–water partition coefficient (Wildman–Crippen LogP) is 1.75. The van der Waals surface area contributed by atoms with Crippen molar-refractivity contribution in [3.63, 3.8) is 0 Å². The van der Waals surface area contributed by atoms with Crippen LogP contribution in [0.5, 0.6) is 0 Å². The lowest BCUT2D eigenvalue weighted by molar-refractivity contribution is -0.136. The van der Waals surface area contributed by atoms with Crippen LogP contribution < -0.4 is 10.0 Å². The molecule has 2 fully saturated rings. The maximum atomic E-state index is 12.8. The number of piperidine rings is 2. The number of sulfonamides is 1. The number of carbonyl (C=O) groups is 1. The highest BCUT2D eigenvalue weighted by molar-refractivity contribution is 7.88. The number of carbonyl (C=O) groups excluding carboxylic acids is 1. The van der Waals surface area contributed by atoms with Crippen molar-refractivity contribution in [2.75, 3.05) is 32.4 Å². The number of likely N-dealkylation sites (tertiary alicyclic amines) is 1. The molecule has 0 bridgehead atoms. The van der Waals surface area contributed by atoms with Crippen molar-refractivity contribution in [3.8, 4) is 0 Å². The molecule has 0 saturated carbocycles. The maximum Gasteiger partial charge on any atom is 0.223 e. The molecule has 3 atom stereocenters. The summed E-state index contributed by atoms with van der Waals surface area (Å²) in [4.78, 5) is 14.8. The molecular formula is C17H34ClN3O3S. The maximum absolute atomic E-state index is 12.8. The highest BCUT2D eigenvalue weighted by atomic mass is 35.5. The van der Waals surface area contributed by atoms with Crippen molar-refractivity contribution >= 4 is 28.3 Å². The van der Waals surface area contributed by atoms with Gasteiger partial charge in [-0.3, -0.25) is 4.79 Å². The van der Waals surface area contributed by atoms with Crippen LogP contribution in [-0.4, -0.2) is 57.7 Å². The first-order valence-corrected chi connectivity index (χ1v) is 11.2. The minimum Gasteiger partial charge on any atom is -0.340 e. The molecule has 2 aliphatic heterocycles. The molecule has 25 heavy (non-hydrogen) atoms. The van der Waals surface area contributed by atoms with Gasteiger partial charge in [-0.05, 0) is 63.5 Å². The zero-order chi connectivity index (χ0) is 17.6. The van der Waals surface area contributed by atoms with Crippen LogP contribution in [0.2, 0.25) is 0 Å². The van der Waals surface area contributed by atoms with E-state index in [0.29, 0.717) is 31.2 Å². The van der Waals surface area contributed by atoms with Gasteiger partial charge < -0.3 is 10.2 Å². The van der Waals surface area contributed by atoms with Gasteiger partial charge in [0.05, 0.1) is 6.26 Å². The molecule has 6 nitrogen and oxygen atoms in total. The first-order valence-electron chi connectivity index (χ1n) is 9.31. The summed E-state index contributed by atoms with van der Waals surface area (Å²) in [5.74, 6) is 1.25. The second-order valence-corrected chi connectivity index (χ2v) is 9.31. The lowest BCUT2D eigenvalue weighted by Gasteiger charge is -2.37. The van der Waals surface area contributed by atoms with Gasteiger partial charge in [0.1, 0.15) is 0 Å². The number of halogens is 1. The molecule has 1 amide bonds. The number of nitrogens with zero attached hydrogens (tertiary/aromatic N) is 1. The van der Waals surface area contributed by atoms with E-state index in [-0.39, 0.29) is 24.4 Å². The Hall–Kier alpha value is -0.370. The molecule has 2 N–H and O–H groups in total. The molecule has 8 heteroatoms. The quantitative estimate of drug-likeness (QED) is 0.688. The van der Waals surface area contributed by atoms with E-state index in [9.17, 15) is 13.2 Å². The summed E-state index contributed by atoms with van der Waals surface area (Å²) in [5, 5.41) is 3.43. The van der Waals surface area contributed by atoms with Crippen LogP contribution in [0.1, 0.15) is 51.9 Å². The summed E-state index contributed by atoms with van der Waals surface area (Å²) < 4.78 is 25.0. The average Bonchev–Trinajstić information content (AvgIpc) is 2.55. The molecule has 3 unspecified atom stereocenters. The fourth-order valence-electron chi connectivity index (χ4n) is 3.96. The van der Waals surface area contributed by atoms with Gasteiger partial charge in [0.15, 0.2) is 0 Å². The van der Waals surface area contributed by atoms with Crippen molar-refractivity contribution < 1.29 is 13.2 Å². The fraction of sp³-hybridized carbons (Fsp3) is 0.941. The topological polar surface area (TPSA) is 78.5 Å². The Bertz CT molecular complexity index is 509. The Morgan fingerprint density at radius 1 is 1.28 bits per heavy atom. The molecule has 2 saturated heterocycles. The number of hydrogen-bond acceptors (Lipinski definition) is 4. The van der Waals surface area contributed by atoms with Crippen LogP contribution in [0.25, 0.3) is 0 Å². The highest BCUT2D eigenvalue weighted by Crippen LogP contribution is 2.26. The van der Waals surface area contributed by atoms with E-state index in [0.717, 1.165) is 38.9 Å². The third-order valence-electron chi connectivity index (χ3n) is 5.43. The first kappa shape index (κ1) is 22.7. The molecule has 0 aromatic rings. The van der Waals surface area contributed by atoms with Crippen LogP contribution in [0.3, 0.4) is 0 Å². The highest BCUT2D eigenvalue weighted by Gasteiger charge is 2.29. The second-order valence-electron chi connectivity index (χ2n) is 7.48. The Morgan fingerprint density at radius 3 is 2.68 bits per heavy atom. The monoisotopic (exact) mass is 395 g/mol. The van der Waals surface area contributed by atoms with Crippen molar-refractivity contribution in [3.05, 3.63) is 0 Å². The van der Waals surface area contributed by atoms with Crippen molar-refractivity contribution in [1.82, 2.24) is 14.9 Å². The molecular weight excluding hydrogens is 362 g/mol. The summed E-state index contributed by atoms with van der Waals surface area (Å²) in [5.41, 5.74) is 0. The number of nitrogens with one attached hydrogen (secondary N) is 2. The van der Waals surface area contributed by atoms with E-state index in [1.165, 1.54) is 19.1 Å². The Balaban J connectivity index is 0.00000312. The molecule has 2 heterocycles. The van der Waals surface area contributed by atoms with Crippen LogP contribution in [0.15, 0.2) is 0 Å². The van der Waals surface area contributed by atoms with E-state index in [1.54, 1.807) is 0 Å². The standard InChI is InChI=1S/C17H33N3O3S.ClH/c1-14(15-6-5-9-18-13-15)12-17(21)20-11-4-3-7-16(20)8-10-19-24(2,22)23;/h14-16,18-19H,3-13H2,1-2H3;1H. The lowest BCUT2D eigenvalue weighted by Crippen LogP contribution is -2.46. The van der Waals surface area contributed by atoms with E-state index in [2.05, 4.69) is 17.0 Å². The van der Waals surface area contributed by atoms with Gasteiger partial charge in [-0.2, -0.15) is 0 Å². The summed E-state index contributed by atoms with van der Waals surface area (Å²) >= 11 is 0. The minimum atomic E-state index is -3.16. The SMILES string of the molecule is CC(CC(=O)N1CCCCC1CCNS(C)(=O)=O)C1CCCNC1.Cl. The van der Waals surface area contributed by atoms with Crippen LogP contribution >= 0.6 is 12.4 Å². The second kappa shape index (κ2) is 10.7. The van der Waals surface area contributed by atoms with Crippen LogP contribution in [-0.2, 0) is 14.8 Å². The van der Waals surface area contributed by atoms with E-state index >= 15 is 0 Å². The van der Waals surface area contributed by atoms with Gasteiger partial charge in [-0.1, -0.05) is 6.92 Å². The van der Waals surface area contributed by atoms with Crippen LogP contribution in [0, 0.1) is 11.8 Å². The fourth-order valence-corrected chi connectivity index (χ4v) is 4.45. The minimum absolute atomic E-state index is 0. The molecule has 0 spiro atoms. The molecule has 0 aliphatic carbocycles. The third-order valence-corrected chi connectivity index (χ3v) is 6.15. The molecule has 0 aromatic carbocycles. The molecule has 0 aromatic heterocycles. The van der Waals surface area contributed by atoms with Crippen molar-refractivity contribution in [2.45, 2.75) is 57.9 Å². The van der Waals surface area contributed by atoms with E-state index in [1.807, 2.05) is 4.90 Å². The van der Waals surface area contributed by atoms with Gasteiger partial charge in [0, 0.05) is 25.6 Å².